The Hall–Kier alpha value is -2.76. The van der Waals surface area contributed by atoms with Crippen molar-refractivity contribution in [1.82, 2.24) is 4.98 Å². The van der Waals surface area contributed by atoms with Gasteiger partial charge in [0.25, 0.3) is 0 Å². The quantitative estimate of drug-likeness (QED) is 0.379. The summed E-state index contributed by atoms with van der Waals surface area (Å²) >= 11 is 0. The maximum atomic E-state index is 8.73. The molecule has 0 aliphatic carbocycles. The van der Waals surface area contributed by atoms with Crippen molar-refractivity contribution in [2.45, 2.75) is 0 Å². The summed E-state index contributed by atoms with van der Waals surface area (Å²) in [5.41, 5.74) is 5.97. The van der Waals surface area contributed by atoms with Gasteiger partial charge in [0.15, 0.2) is 17.3 Å². The summed E-state index contributed by atoms with van der Waals surface area (Å²) in [6, 6.07) is 10.5. The normalized spacial score (nSPS) is 11.1. The van der Waals surface area contributed by atoms with Crippen LogP contribution in [0.5, 0.6) is 17.4 Å². The van der Waals surface area contributed by atoms with E-state index in [2.05, 4.69) is 10.1 Å². The highest BCUT2D eigenvalue weighted by Crippen LogP contribution is 2.31. The van der Waals surface area contributed by atoms with E-state index < -0.39 is 0 Å². The van der Waals surface area contributed by atoms with Gasteiger partial charge in [0, 0.05) is 6.20 Å². The fourth-order valence-corrected chi connectivity index (χ4v) is 1.53. The number of rotatable bonds is 4. The molecule has 0 aliphatic heterocycles. The fraction of sp³-hybridized carbons (Fsp3) is 0.0769. The Kier molecular flexibility index (Phi) is 3.82. The van der Waals surface area contributed by atoms with Gasteiger partial charge < -0.3 is 20.4 Å². The van der Waals surface area contributed by atoms with Crippen molar-refractivity contribution in [2.75, 3.05) is 7.11 Å². The standard InChI is InChI=1S/C13H13N3O3/c1-18-10-6-2-3-7-11(10)19-13-9(12(14)16-17)5-4-8-15-13/h2-8,17H,1H3,(H2,14,16). The van der Waals surface area contributed by atoms with Crippen LogP contribution in [0, 0.1) is 0 Å². The summed E-state index contributed by atoms with van der Waals surface area (Å²) in [5, 5.41) is 11.7. The minimum Gasteiger partial charge on any atom is -0.493 e. The van der Waals surface area contributed by atoms with Gasteiger partial charge >= 0.3 is 0 Å². The zero-order valence-corrected chi connectivity index (χ0v) is 10.3. The highest BCUT2D eigenvalue weighted by Gasteiger charge is 2.12. The number of oxime groups is 1. The fourth-order valence-electron chi connectivity index (χ4n) is 1.53. The van der Waals surface area contributed by atoms with Crippen LogP contribution in [-0.2, 0) is 0 Å². The minimum atomic E-state index is -0.0713. The van der Waals surface area contributed by atoms with Gasteiger partial charge in [-0.05, 0) is 24.3 Å². The van der Waals surface area contributed by atoms with E-state index >= 15 is 0 Å². The molecule has 2 rings (SSSR count). The Morgan fingerprint density at radius 3 is 2.63 bits per heavy atom. The number of para-hydroxylation sites is 2. The van der Waals surface area contributed by atoms with Crippen LogP contribution in [0.4, 0.5) is 0 Å². The third kappa shape index (κ3) is 2.74. The summed E-state index contributed by atoms with van der Waals surface area (Å²) in [4.78, 5) is 4.07. The van der Waals surface area contributed by atoms with E-state index in [-0.39, 0.29) is 11.7 Å². The van der Waals surface area contributed by atoms with Crippen molar-refractivity contribution in [2.24, 2.45) is 10.9 Å². The number of methoxy groups -OCH3 is 1. The molecule has 6 heteroatoms. The Morgan fingerprint density at radius 1 is 1.21 bits per heavy atom. The first-order chi connectivity index (χ1) is 9.26. The van der Waals surface area contributed by atoms with Gasteiger partial charge in [-0.1, -0.05) is 17.3 Å². The van der Waals surface area contributed by atoms with Gasteiger partial charge in [-0.3, -0.25) is 0 Å². The number of aromatic nitrogens is 1. The van der Waals surface area contributed by atoms with Gasteiger partial charge in [0.05, 0.1) is 12.7 Å². The molecule has 6 nitrogen and oxygen atoms in total. The minimum absolute atomic E-state index is 0.0713. The molecule has 1 heterocycles. The molecule has 98 valence electrons. The van der Waals surface area contributed by atoms with E-state index in [9.17, 15) is 0 Å². The van der Waals surface area contributed by atoms with Crippen molar-refractivity contribution < 1.29 is 14.7 Å². The average Bonchev–Trinajstić information content (AvgIpc) is 2.47. The van der Waals surface area contributed by atoms with Crippen LogP contribution >= 0.6 is 0 Å². The van der Waals surface area contributed by atoms with Crippen molar-refractivity contribution in [3.05, 3.63) is 48.2 Å². The first-order valence-electron chi connectivity index (χ1n) is 5.50. The molecule has 0 bridgehead atoms. The molecule has 0 amide bonds. The molecule has 3 N–H and O–H groups in total. The molecule has 2 aromatic rings. The zero-order valence-electron chi connectivity index (χ0n) is 10.3. The third-order valence-corrected chi connectivity index (χ3v) is 2.43. The highest BCUT2D eigenvalue weighted by molar-refractivity contribution is 5.99. The molecule has 1 aromatic carbocycles. The molecular weight excluding hydrogens is 246 g/mol. The number of ether oxygens (including phenoxy) is 2. The number of amidine groups is 1. The second-order valence-corrected chi connectivity index (χ2v) is 3.59. The molecule has 0 fully saturated rings. The topological polar surface area (TPSA) is 90.0 Å². The van der Waals surface area contributed by atoms with Gasteiger partial charge in [-0.2, -0.15) is 0 Å². The molecule has 0 unspecified atom stereocenters. The van der Waals surface area contributed by atoms with E-state index in [1.807, 2.05) is 12.1 Å². The number of benzene rings is 1. The average molecular weight is 259 g/mol. The van der Waals surface area contributed by atoms with Crippen LogP contribution < -0.4 is 15.2 Å². The number of hydrogen-bond donors (Lipinski definition) is 2. The second-order valence-electron chi connectivity index (χ2n) is 3.59. The molecule has 1 aromatic heterocycles. The van der Waals surface area contributed by atoms with Crippen LogP contribution in [0.25, 0.3) is 0 Å². The van der Waals surface area contributed by atoms with E-state index in [1.165, 1.54) is 0 Å². The Balaban J connectivity index is 2.39. The van der Waals surface area contributed by atoms with Crippen LogP contribution in [-0.4, -0.2) is 23.1 Å². The van der Waals surface area contributed by atoms with Crippen LogP contribution in [0.15, 0.2) is 47.8 Å². The predicted molar refractivity (Wildman–Crippen MR) is 69.8 cm³/mol. The van der Waals surface area contributed by atoms with Crippen molar-refractivity contribution in [1.29, 1.82) is 0 Å². The summed E-state index contributed by atoms with van der Waals surface area (Å²) < 4.78 is 10.8. The highest BCUT2D eigenvalue weighted by atomic mass is 16.5. The molecule has 0 saturated carbocycles. The SMILES string of the molecule is COc1ccccc1Oc1ncccc1/C(N)=N/O. The monoisotopic (exact) mass is 259 g/mol. The summed E-state index contributed by atoms with van der Waals surface area (Å²) in [5.74, 6) is 1.23. The predicted octanol–water partition coefficient (Wildman–Crippen LogP) is 1.98. The Bertz CT molecular complexity index is 599. The van der Waals surface area contributed by atoms with Crippen molar-refractivity contribution >= 4 is 5.84 Å². The smallest absolute Gasteiger partial charge is 0.230 e. The first kappa shape index (κ1) is 12.7. The van der Waals surface area contributed by atoms with E-state index in [4.69, 9.17) is 20.4 Å². The number of pyridine rings is 1. The summed E-state index contributed by atoms with van der Waals surface area (Å²) in [6.45, 7) is 0. The lowest BCUT2D eigenvalue weighted by molar-refractivity contribution is 0.318. The van der Waals surface area contributed by atoms with Crippen LogP contribution in [0.1, 0.15) is 5.56 Å². The van der Waals surface area contributed by atoms with Gasteiger partial charge in [0.2, 0.25) is 5.88 Å². The molecule has 0 spiro atoms. The number of nitrogens with two attached hydrogens (primary N) is 1. The largest absolute Gasteiger partial charge is 0.493 e. The third-order valence-electron chi connectivity index (χ3n) is 2.43. The molecule has 19 heavy (non-hydrogen) atoms. The summed E-state index contributed by atoms with van der Waals surface area (Å²) in [6.07, 6.45) is 1.55. The van der Waals surface area contributed by atoms with Crippen molar-refractivity contribution in [3.8, 4) is 17.4 Å². The van der Waals surface area contributed by atoms with Gasteiger partial charge in [0.1, 0.15) is 0 Å². The van der Waals surface area contributed by atoms with Crippen LogP contribution in [0.3, 0.4) is 0 Å². The lowest BCUT2D eigenvalue weighted by atomic mass is 10.2. The Morgan fingerprint density at radius 2 is 1.95 bits per heavy atom. The lowest BCUT2D eigenvalue weighted by Crippen LogP contribution is -2.14. The van der Waals surface area contributed by atoms with E-state index in [0.29, 0.717) is 17.1 Å². The van der Waals surface area contributed by atoms with Gasteiger partial charge in [-0.25, -0.2) is 4.98 Å². The van der Waals surface area contributed by atoms with E-state index in [1.54, 1.807) is 37.6 Å². The van der Waals surface area contributed by atoms with Gasteiger partial charge in [-0.15, -0.1) is 0 Å². The molecular formula is C13H13N3O3. The molecule has 0 saturated heterocycles. The maximum Gasteiger partial charge on any atom is 0.230 e. The van der Waals surface area contributed by atoms with Crippen LogP contribution in [0.2, 0.25) is 0 Å². The molecule has 0 radical (unpaired) electrons. The van der Waals surface area contributed by atoms with E-state index in [0.717, 1.165) is 0 Å². The Labute approximate surface area is 110 Å². The molecule has 0 aliphatic rings. The maximum absolute atomic E-state index is 8.73. The first-order valence-corrected chi connectivity index (χ1v) is 5.50. The zero-order chi connectivity index (χ0) is 13.7. The van der Waals surface area contributed by atoms with Crippen molar-refractivity contribution in [3.63, 3.8) is 0 Å². The number of nitrogens with zero attached hydrogens (tertiary/aromatic N) is 2. The summed E-state index contributed by atoms with van der Waals surface area (Å²) in [7, 11) is 1.55. The molecule has 0 atom stereocenters. The number of hydrogen-bond acceptors (Lipinski definition) is 5. The lowest BCUT2D eigenvalue weighted by Gasteiger charge is -2.11. The second kappa shape index (κ2) is 5.72.